The molecule has 2 saturated heterocycles. The lowest BCUT2D eigenvalue weighted by atomic mass is 9.99. The fraction of sp³-hybridized carbons (Fsp3) is 0.857. The minimum Gasteiger partial charge on any atom is -0.481 e. The topological polar surface area (TPSA) is 72.9 Å². The summed E-state index contributed by atoms with van der Waals surface area (Å²) >= 11 is 0. The van der Waals surface area contributed by atoms with E-state index in [1.807, 2.05) is 4.90 Å². The van der Waals surface area contributed by atoms with Crippen LogP contribution >= 0.6 is 0 Å². The highest BCUT2D eigenvalue weighted by Gasteiger charge is 2.33. The summed E-state index contributed by atoms with van der Waals surface area (Å²) in [6.45, 7) is 7.05. The molecule has 0 bridgehead atoms. The van der Waals surface area contributed by atoms with Crippen LogP contribution in [0, 0.1) is 0 Å². The second-order valence-electron chi connectivity index (χ2n) is 6.52. The standard InChI is InChI=1S/C14H25N3O3/c1-14(2,9-12(18)19)15-13(20)17-8-7-16-6-4-3-5-11(16)10-17/h11H,3-10H2,1-2H3,(H,15,20)(H,18,19). The van der Waals surface area contributed by atoms with Gasteiger partial charge in [-0.2, -0.15) is 0 Å². The molecule has 6 heteroatoms. The molecular weight excluding hydrogens is 258 g/mol. The van der Waals surface area contributed by atoms with Crippen LogP contribution in [0.2, 0.25) is 0 Å². The summed E-state index contributed by atoms with van der Waals surface area (Å²) in [7, 11) is 0. The van der Waals surface area contributed by atoms with Crippen LogP contribution in [0.5, 0.6) is 0 Å². The van der Waals surface area contributed by atoms with Crippen LogP contribution in [-0.4, -0.2) is 64.7 Å². The maximum Gasteiger partial charge on any atom is 0.317 e. The van der Waals surface area contributed by atoms with E-state index in [1.54, 1.807) is 13.8 Å². The van der Waals surface area contributed by atoms with Crippen molar-refractivity contribution in [1.82, 2.24) is 15.1 Å². The lowest BCUT2D eigenvalue weighted by molar-refractivity contribution is -0.138. The maximum atomic E-state index is 12.3. The Morgan fingerprint density at radius 2 is 2.00 bits per heavy atom. The molecule has 1 unspecified atom stereocenters. The predicted molar refractivity (Wildman–Crippen MR) is 75.6 cm³/mol. The molecule has 0 aliphatic carbocycles. The summed E-state index contributed by atoms with van der Waals surface area (Å²) in [6, 6.07) is 0.340. The Labute approximate surface area is 120 Å². The van der Waals surface area contributed by atoms with Crippen LogP contribution < -0.4 is 5.32 Å². The average Bonchev–Trinajstić information content (AvgIpc) is 2.36. The number of nitrogens with one attached hydrogen (secondary N) is 1. The summed E-state index contributed by atoms with van der Waals surface area (Å²) in [5.41, 5.74) is -0.716. The van der Waals surface area contributed by atoms with E-state index in [1.165, 1.54) is 12.8 Å². The van der Waals surface area contributed by atoms with Gasteiger partial charge in [0.1, 0.15) is 0 Å². The van der Waals surface area contributed by atoms with E-state index in [-0.39, 0.29) is 12.5 Å². The molecule has 0 spiro atoms. The summed E-state index contributed by atoms with van der Waals surface area (Å²) in [5.74, 6) is -0.896. The molecular formula is C14H25N3O3. The third-order valence-corrected chi connectivity index (χ3v) is 4.16. The number of rotatable bonds is 3. The summed E-state index contributed by atoms with van der Waals surface area (Å²) in [5, 5.41) is 11.7. The van der Waals surface area contributed by atoms with Crippen molar-refractivity contribution in [3.05, 3.63) is 0 Å². The number of hydrogen-bond donors (Lipinski definition) is 2. The molecule has 2 rings (SSSR count). The second kappa shape index (κ2) is 5.99. The molecule has 0 saturated carbocycles. The zero-order chi connectivity index (χ0) is 14.8. The maximum absolute atomic E-state index is 12.3. The number of hydrogen-bond acceptors (Lipinski definition) is 3. The zero-order valence-corrected chi connectivity index (χ0v) is 12.4. The van der Waals surface area contributed by atoms with Gasteiger partial charge in [-0.1, -0.05) is 6.42 Å². The van der Waals surface area contributed by atoms with Gasteiger partial charge in [-0.3, -0.25) is 9.69 Å². The lowest BCUT2D eigenvalue weighted by Crippen LogP contribution is -2.60. The van der Waals surface area contributed by atoms with Gasteiger partial charge in [0, 0.05) is 31.2 Å². The molecule has 2 fully saturated rings. The van der Waals surface area contributed by atoms with Crippen molar-refractivity contribution < 1.29 is 14.7 Å². The van der Waals surface area contributed by atoms with Crippen LogP contribution in [0.4, 0.5) is 4.79 Å². The number of urea groups is 1. The van der Waals surface area contributed by atoms with Crippen LogP contribution in [0.1, 0.15) is 39.5 Å². The Morgan fingerprint density at radius 3 is 2.70 bits per heavy atom. The van der Waals surface area contributed by atoms with E-state index in [9.17, 15) is 9.59 Å². The third-order valence-electron chi connectivity index (χ3n) is 4.16. The van der Waals surface area contributed by atoms with Crippen molar-refractivity contribution in [2.24, 2.45) is 0 Å². The van der Waals surface area contributed by atoms with Crippen LogP contribution in [0.3, 0.4) is 0 Å². The highest BCUT2D eigenvalue weighted by Crippen LogP contribution is 2.21. The van der Waals surface area contributed by atoms with E-state index in [2.05, 4.69) is 10.2 Å². The Hall–Kier alpha value is -1.30. The number of carbonyl (C=O) groups is 2. The minimum atomic E-state index is -0.896. The molecule has 1 atom stereocenters. The predicted octanol–water partition coefficient (Wildman–Crippen LogP) is 1.12. The highest BCUT2D eigenvalue weighted by molar-refractivity contribution is 5.77. The third kappa shape index (κ3) is 3.85. The monoisotopic (exact) mass is 283 g/mol. The number of nitrogens with zero attached hydrogens (tertiary/aromatic N) is 2. The Kier molecular flexibility index (Phi) is 4.52. The number of aliphatic carboxylic acids is 1. The lowest BCUT2D eigenvalue weighted by Gasteiger charge is -2.44. The van der Waals surface area contributed by atoms with Crippen LogP contribution in [0.25, 0.3) is 0 Å². The summed E-state index contributed by atoms with van der Waals surface area (Å²) in [4.78, 5) is 27.4. The summed E-state index contributed by atoms with van der Waals surface area (Å²) in [6.07, 6.45) is 3.58. The molecule has 2 heterocycles. The Morgan fingerprint density at radius 1 is 1.25 bits per heavy atom. The number of piperazine rings is 1. The van der Waals surface area contributed by atoms with Gasteiger partial charge in [0.15, 0.2) is 0 Å². The first-order chi connectivity index (χ1) is 9.37. The SMILES string of the molecule is CC(C)(CC(=O)O)NC(=O)N1CCN2CCCCC2C1. The molecule has 0 radical (unpaired) electrons. The van der Waals surface area contributed by atoms with Crippen molar-refractivity contribution in [2.75, 3.05) is 26.2 Å². The molecule has 114 valence electrons. The van der Waals surface area contributed by atoms with Gasteiger partial charge in [-0.15, -0.1) is 0 Å². The van der Waals surface area contributed by atoms with Gasteiger partial charge in [0.05, 0.1) is 6.42 Å². The molecule has 0 aromatic heterocycles. The molecule has 2 amide bonds. The molecule has 6 nitrogen and oxygen atoms in total. The van der Waals surface area contributed by atoms with E-state index in [4.69, 9.17) is 5.11 Å². The van der Waals surface area contributed by atoms with Crippen molar-refractivity contribution in [3.8, 4) is 0 Å². The quantitative estimate of drug-likeness (QED) is 0.814. The number of carboxylic acid groups (broad SMARTS) is 1. The molecule has 0 aromatic rings. The first-order valence-electron chi connectivity index (χ1n) is 7.40. The van der Waals surface area contributed by atoms with Crippen molar-refractivity contribution in [3.63, 3.8) is 0 Å². The summed E-state index contributed by atoms with van der Waals surface area (Å²) < 4.78 is 0. The zero-order valence-electron chi connectivity index (χ0n) is 12.4. The fourth-order valence-electron chi connectivity index (χ4n) is 3.13. The van der Waals surface area contributed by atoms with Crippen LogP contribution in [-0.2, 0) is 4.79 Å². The van der Waals surface area contributed by atoms with Gasteiger partial charge in [-0.05, 0) is 33.2 Å². The number of carboxylic acids is 1. The van der Waals surface area contributed by atoms with Gasteiger partial charge >= 0.3 is 12.0 Å². The molecule has 0 aromatic carbocycles. The largest absolute Gasteiger partial charge is 0.481 e. The van der Waals surface area contributed by atoms with Gasteiger partial charge in [0.25, 0.3) is 0 Å². The van der Waals surface area contributed by atoms with E-state index < -0.39 is 11.5 Å². The minimum absolute atomic E-state index is 0.0673. The smallest absolute Gasteiger partial charge is 0.317 e. The number of amides is 2. The molecule has 2 aliphatic heterocycles. The van der Waals surface area contributed by atoms with E-state index in [0.717, 1.165) is 32.6 Å². The van der Waals surface area contributed by atoms with Gasteiger partial charge in [0.2, 0.25) is 0 Å². The first-order valence-corrected chi connectivity index (χ1v) is 7.40. The van der Waals surface area contributed by atoms with Crippen molar-refractivity contribution in [1.29, 1.82) is 0 Å². The van der Waals surface area contributed by atoms with Crippen molar-refractivity contribution >= 4 is 12.0 Å². The Bertz CT molecular complexity index is 384. The first kappa shape index (κ1) is 15.1. The van der Waals surface area contributed by atoms with Gasteiger partial charge < -0.3 is 15.3 Å². The number of fused-ring (bicyclic) bond motifs is 1. The average molecular weight is 283 g/mol. The normalized spacial score (nSPS) is 24.1. The van der Waals surface area contributed by atoms with E-state index >= 15 is 0 Å². The molecule has 2 aliphatic rings. The van der Waals surface area contributed by atoms with Gasteiger partial charge in [-0.25, -0.2) is 4.79 Å². The molecule has 20 heavy (non-hydrogen) atoms. The fourth-order valence-corrected chi connectivity index (χ4v) is 3.13. The number of carbonyl (C=O) groups excluding carboxylic acids is 1. The Balaban J connectivity index is 1.88. The highest BCUT2D eigenvalue weighted by atomic mass is 16.4. The number of piperidine rings is 1. The van der Waals surface area contributed by atoms with E-state index in [0.29, 0.717) is 6.04 Å². The second-order valence-corrected chi connectivity index (χ2v) is 6.52. The van der Waals surface area contributed by atoms with Crippen LogP contribution in [0.15, 0.2) is 0 Å². The molecule has 2 N–H and O–H groups in total. The van der Waals surface area contributed by atoms with Crippen molar-refractivity contribution in [2.45, 2.75) is 51.1 Å².